The van der Waals surface area contributed by atoms with Crippen LogP contribution in [0, 0.1) is 12.8 Å². The molecule has 1 aliphatic carbocycles. The van der Waals surface area contributed by atoms with E-state index in [1.807, 2.05) is 25.3 Å². The van der Waals surface area contributed by atoms with Crippen LogP contribution in [0.3, 0.4) is 0 Å². The summed E-state index contributed by atoms with van der Waals surface area (Å²) in [4.78, 5) is 16.5. The molecular weight excluding hydrogens is 250 g/mol. The number of carbonyl (C=O) groups is 1. The van der Waals surface area contributed by atoms with Crippen LogP contribution in [0.1, 0.15) is 43.4 Å². The molecule has 20 heavy (non-hydrogen) atoms. The molecule has 1 saturated heterocycles. The molecule has 1 amide bonds. The summed E-state index contributed by atoms with van der Waals surface area (Å²) < 4.78 is 0. The average molecular weight is 273 g/mol. The van der Waals surface area contributed by atoms with Gasteiger partial charge in [-0.15, -0.1) is 0 Å². The Labute approximate surface area is 120 Å². The monoisotopic (exact) mass is 273 g/mol. The number of hydrogen-bond acceptors (Lipinski definition) is 3. The van der Waals surface area contributed by atoms with Gasteiger partial charge in [-0.25, -0.2) is 0 Å². The second-order valence-corrected chi connectivity index (χ2v) is 6.13. The second-order valence-electron chi connectivity index (χ2n) is 6.13. The van der Waals surface area contributed by atoms with Gasteiger partial charge in [0.25, 0.3) is 0 Å². The standard InChI is InChI=1S/C16H23N3O/c1-11-6-7-12(9-17-11)10-18-16(20)15-8-13-4-2-3-5-14(13)19-15/h6-7,9,13-15,19H,2-5,8,10H2,1H3,(H,18,20). The molecule has 1 aromatic rings. The molecule has 0 aromatic carbocycles. The summed E-state index contributed by atoms with van der Waals surface area (Å²) in [6.07, 6.45) is 7.98. The summed E-state index contributed by atoms with van der Waals surface area (Å²) in [5.74, 6) is 0.848. The highest BCUT2D eigenvalue weighted by atomic mass is 16.2. The van der Waals surface area contributed by atoms with E-state index in [0.29, 0.717) is 18.5 Å². The summed E-state index contributed by atoms with van der Waals surface area (Å²) in [6.45, 7) is 2.53. The quantitative estimate of drug-likeness (QED) is 0.885. The van der Waals surface area contributed by atoms with E-state index >= 15 is 0 Å². The molecular formula is C16H23N3O. The Morgan fingerprint density at radius 3 is 3.00 bits per heavy atom. The largest absolute Gasteiger partial charge is 0.351 e. The van der Waals surface area contributed by atoms with Crippen LogP contribution in [0.25, 0.3) is 0 Å². The number of hydrogen-bond donors (Lipinski definition) is 2. The summed E-state index contributed by atoms with van der Waals surface area (Å²) in [5, 5.41) is 6.54. The van der Waals surface area contributed by atoms with E-state index in [0.717, 1.165) is 17.7 Å². The highest BCUT2D eigenvalue weighted by Gasteiger charge is 2.37. The number of rotatable bonds is 3. The van der Waals surface area contributed by atoms with E-state index in [2.05, 4.69) is 15.6 Å². The molecule has 3 unspecified atom stereocenters. The minimum absolute atomic E-state index is 0.00140. The van der Waals surface area contributed by atoms with E-state index in [1.54, 1.807) is 0 Å². The lowest BCUT2D eigenvalue weighted by molar-refractivity contribution is -0.123. The van der Waals surface area contributed by atoms with Crippen molar-refractivity contribution in [3.8, 4) is 0 Å². The molecule has 3 rings (SSSR count). The second kappa shape index (κ2) is 5.92. The molecule has 0 spiro atoms. The molecule has 1 saturated carbocycles. The number of pyridine rings is 1. The van der Waals surface area contributed by atoms with Gasteiger partial charge in [-0.2, -0.15) is 0 Å². The number of nitrogens with zero attached hydrogens (tertiary/aromatic N) is 1. The maximum atomic E-state index is 12.2. The lowest BCUT2D eigenvalue weighted by atomic mass is 9.85. The van der Waals surface area contributed by atoms with Gasteiger partial charge in [0.15, 0.2) is 0 Å². The van der Waals surface area contributed by atoms with Crippen molar-refractivity contribution in [3.63, 3.8) is 0 Å². The Morgan fingerprint density at radius 1 is 1.40 bits per heavy atom. The highest BCUT2D eigenvalue weighted by Crippen LogP contribution is 2.33. The molecule has 108 valence electrons. The Balaban J connectivity index is 1.51. The first-order valence-electron chi connectivity index (χ1n) is 7.67. The van der Waals surface area contributed by atoms with Crippen LogP contribution in [0.4, 0.5) is 0 Å². The molecule has 3 atom stereocenters. The molecule has 0 radical (unpaired) electrons. The molecule has 4 nitrogen and oxygen atoms in total. The maximum Gasteiger partial charge on any atom is 0.237 e. The zero-order valence-electron chi connectivity index (χ0n) is 12.1. The third kappa shape index (κ3) is 3.01. The zero-order valence-corrected chi connectivity index (χ0v) is 12.1. The third-order valence-corrected chi connectivity index (χ3v) is 4.62. The Hall–Kier alpha value is -1.42. The SMILES string of the molecule is Cc1ccc(CNC(=O)C2CC3CCCCC3N2)cn1. The fourth-order valence-corrected chi connectivity index (χ4v) is 3.44. The van der Waals surface area contributed by atoms with Gasteiger partial charge in [0.2, 0.25) is 5.91 Å². The Bertz CT molecular complexity index is 457. The van der Waals surface area contributed by atoms with E-state index in [1.165, 1.54) is 25.7 Å². The Morgan fingerprint density at radius 2 is 2.25 bits per heavy atom. The first kappa shape index (κ1) is 13.6. The zero-order chi connectivity index (χ0) is 13.9. The van der Waals surface area contributed by atoms with Gasteiger partial charge < -0.3 is 10.6 Å². The van der Waals surface area contributed by atoms with Gasteiger partial charge in [-0.3, -0.25) is 9.78 Å². The summed E-state index contributed by atoms with van der Waals surface area (Å²) >= 11 is 0. The lowest BCUT2D eigenvalue weighted by Crippen LogP contribution is -2.42. The van der Waals surface area contributed by atoms with Crippen molar-refractivity contribution in [3.05, 3.63) is 29.6 Å². The van der Waals surface area contributed by atoms with Gasteiger partial charge in [-0.1, -0.05) is 18.9 Å². The molecule has 1 aromatic heterocycles. The van der Waals surface area contributed by atoms with Gasteiger partial charge >= 0.3 is 0 Å². The number of carbonyl (C=O) groups excluding carboxylic acids is 1. The van der Waals surface area contributed by atoms with Crippen molar-refractivity contribution in [2.75, 3.05) is 0 Å². The smallest absolute Gasteiger partial charge is 0.237 e. The van der Waals surface area contributed by atoms with E-state index in [-0.39, 0.29) is 11.9 Å². The fraction of sp³-hybridized carbons (Fsp3) is 0.625. The minimum atomic E-state index is 0.00140. The maximum absolute atomic E-state index is 12.2. The molecule has 2 aliphatic rings. The average Bonchev–Trinajstić information content (AvgIpc) is 2.90. The van der Waals surface area contributed by atoms with Crippen molar-refractivity contribution in [2.24, 2.45) is 5.92 Å². The topological polar surface area (TPSA) is 54.0 Å². The highest BCUT2D eigenvalue weighted by molar-refractivity contribution is 5.82. The van der Waals surface area contributed by atoms with Gasteiger partial charge in [0.1, 0.15) is 0 Å². The molecule has 4 heteroatoms. The van der Waals surface area contributed by atoms with Crippen molar-refractivity contribution < 1.29 is 4.79 Å². The number of aryl methyl sites for hydroxylation is 1. The van der Waals surface area contributed by atoms with Crippen LogP contribution < -0.4 is 10.6 Å². The molecule has 1 aliphatic heterocycles. The normalized spacial score (nSPS) is 28.9. The van der Waals surface area contributed by atoms with Crippen molar-refractivity contribution in [1.29, 1.82) is 0 Å². The first-order chi connectivity index (χ1) is 9.72. The van der Waals surface area contributed by atoms with Crippen LogP contribution in [-0.2, 0) is 11.3 Å². The van der Waals surface area contributed by atoms with Crippen LogP contribution in [0.5, 0.6) is 0 Å². The van der Waals surface area contributed by atoms with E-state index < -0.39 is 0 Å². The third-order valence-electron chi connectivity index (χ3n) is 4.62. The first-order valence-corrected chi connectivity index (χ1v) is 7.67. The van der Waals surface area contributed by atoms with Crippen molar-refractivity contribution in [1.82, 2.24) is 15.6 Å². The van der Waals surface area contributed by atoms with Crippen molar-refractivity contribution >= 4 is 5.91 Å². The van der Waals surface area contributed by atoms with Gasteiger partial charge in [0, 0.05) is 24.5 Å². The van der Waals surface area contributed by atoms with Crippen LogP contribution >= 0.6 is 0 Å². The van der Waals surface area contributed by atoms with Gasteiger partial charge in [-0.05, 0) is 43.7 Å². The summed E-state index contributed by atoms with van der Waals surface area (Å²) in [6, 6.07) is 4.57. The number of nitrogens with one attached hydrogen (secondary N) is 2. The lowest BCUT2D eigenvalue weighted by Gasteiger charge is -2.24. The Kier molecular flexibility index (Phi) is 4.01. The van der Waals surface area contributed by atoms with Crippen molar-refractivity contribution in [2.45, 2.75) is 57.7 Å². The molecule has 2 N–H and O–H groups in total. The fourth-order valence-electron chi connectivity index (χ4n) is 3.44. The van der Waals surface area contributed by atoms with E-state index in [9.17, 15) is 4.79 Å². The number of aromatic nitrogens is 1. The predicted octanol–water partition coefficient (Wildman–Crippen LogP) is 1.93. The summed E-state index contributed by atoms with van der Waals surface area (Å²) in [5.41, 5.74) is 2.06. The number of amides is 1. The van der Waals surface area contributed by atoms with Crippen LogP contribution in [-0.4, -0.2) is 23.0 Å². The molecule has 0 bridgehead atoms. The summed E-state index contributed by atoms with van der Waals surface area (Å²) in [7, 11) is 0. The predicted molar refractivity (Wildman–Crippen MR) is 78.1 cm³/mol. The number of fused-ring (bicyclic) bond motifs is 1. The van der Waals surface area contributed by atoms with Crippen LogP contribution in [0.2, 0.25) is 0 Å². The molecule has 2 fully saturated rings. The van der Waals surface area contributed by atoms with Crippen LogP contribution in [0.15, 0.2) is 18.3 Å². The van der Waals surface area contributed by atoms with Gasteiger partial charge in [0.05, 0.1) is 6.04 Å². The molecule has 2 heterocycles. The minimum Gasteiger partial charge on any atom is -0.351 e. The van der Waals surface area contributed by atoms with E-state index in [4.69, 9.17) is 0 Å².